The van der Waals surface area contributed by atoms with E-state index < -0.39 is 5.97 Å². The lowest BCUT2D eigenvalue weighted by Gasteiger charge is -2.12. The number of aromatic carboxylic acids is 1. The van der Waals surface area contributed by atoms with Crippen LogP contribution in [0, 0.1) is 5.82 Å². The van der Waals surface area contributed by atoms with Gasteiger partial charge in [0.15, 0.2) is 0 Å². The molecule has 4 nitrogen and oxygen atoms in total. The number of halogens is 1. The zero-order chi connectivity index (χ0) is 19.5. The van der Waals surface area contributed by atoms with Gasteiger partial charge in [0.1, 0.15) is 11.4 Å². The van der Waals surface area contributed by atoms with E-state index in [9.17, 15) is 14.3 Å². The van der Waals surface area contributed by atoms with Crippen LogP contribution in [0.4, 0.5) is 15.8 Å². The van der Waals surface area contributed by atoms with Crippen molar-refractivity contribution in [2.45, 2.75) is 12.8 Å². The average molecular weight is 375 g/mol. The molecule has 0 amide bonds. The van der Waals surface area contributed by atoms with Gasteiger partial charge in [-0.1, -0.05) is 12.1 Å². The fourth-order valence-corrected chi connectivity index (χ4v) is 3.19. The van der Waals surface area contributed by atoms with Crippen molar-refractivity contribution in [1.29, 1.82) is 0 Å². The largest absolute Gasteiger partial charge is 0.478 e. The summed E-state index contributed by atoms with van der Waals surface area (Å²) in [7, 11) is 0. The quantitative estimate of drug-likeness (QED) is 0.447. The molecule has 140 valence electrons. The Morgan fingerprint density at radius 2 is 1.64 bits per heavy atom. The van der Waals surface area contributed by atoms with Gasteiger partial charge < -0.3 is 14.8 Å². The molecule has 0 spiro atoms. The summed E-state index contributed by atoms with van der Waals surface area (Å²) in [6.07, 6.45) is 3.26. The van der Waals surface area contributed by atoms with Crippen molar-refractivity contribution in [3.8, 4) is 0 Å². The fourth-order valence-electron chi connectivity index (χ4n) is 3.19. The lowest BCUT2D eigenvalue weighted by Crippen LogP contribution is -2.04. The summed E-state index contributed by atoms with van der Waals surface area (Å²) >= 11 is 0. The molecule has 0 radical (unpaired) electrons. The van der Waals surface area contributed by atoms with Gasteiger partial charge in [0.2, 0.25) is 0 Å². The third-order valence-corrected chi connectivity index (χ3v) is 4.66. The Labute approximate surface area is 161 Å². The van der Waals surface area contributed by atoms with Crippen molar-refractivity contribution in [3.63, 3.8) is 0 Å². The molecular formula is C23H18FNO3. The van der Waals surface area contributed by atoms with Gasteiger partial charge in [0.05, 0.1) is 17.5 Å². The second kappa shape index (κ2) is 7.56. The van der Waals surface area contributed by atoms with Crippen LogP contribution < -0.4 is 5.32 Å². The molecule has 0 atom stereocenters. The van der Waals surface area contributed by atoms with Gasteiger partial charge in [-0.3, -0.25) is 0 Å². The number of hydrogen-bond acceptors (Lipinski definition) is 3. The zero-order valence-electron chi connectivity index (χ0n) is 15.0. The van der Waals surface area contributed by atoms with E-state index in [2.05, 4.69) is 11.4 Å². The minimum atomic E-state index is -1.01. The third kappa shape index (κ3) is 3.88. The maximum absolute atomic E-state index is 13.1. The molecule has 3 aromatic carbocycles. The molecule has 0 aliphatic carbocycles. The Balaban J connectivity index is 1.55. The zero-order valence-corrected chi connectivity index (χ0v) is 15.0. The highest BCUT2D eigenvalue weighted by molar-refractivity contribution is 5.95. The van der Waals surface area contributed by atoms with Crippen molar-refractivity contribution in [2.75, 3.05) is 5.32 Å². The lowest BCUT2D eigenvalue weighted by molar-refractivity contribution is 0.0698. The molecular weight excluding hydrogens is 357 g/mol. The van der Waals surface area contributed by atoms with Crippen LogP contribution in [0.5, 0.6) is 0 Å². The van der Waals surface area contributed by atoms with E-state index in [0.717, 1.165) is 29.4 Å². The number of hydrogen-bond donors (Lipinski definition) is 2. The maximum Gasteiger partial charge on any atom is 0.337 e. The van der Waals surface area contributed by atoms with Gasteiger partial charge in [-0.25, -0.2) is 9.18 Å². The Morgan fingerprint density at radius 1 is 0.929 bits per heavy atom. The van der Waals surface area contributed by atoms with Crippen molar-refractivity contribution >= 4 is 28.3 Å². The molecule has 4 aromatic rings. The number of benzene rings is 3. The normalized spacial score (nSPS) is 10.9. The Morgan fingerprint density at radius 3 is 2.39 bits per heavy atom. The van der Waals surface area contributed by atoms with Gasteiger partial charge in [-0.15, -0.1) is 0 Å². The summed E-state index contributed by atoms with van der Waals surface area (Å²) in [5.41, 5.74) is 4.35. The molecule has 0 fully saturated rings. The Kier molecular flexibility index (Phi) is 4.81. The molecule has 2 N–H and O–H groups in total. The highest BCUT2D eigenvalue weighted by atomic mass is 19.1. The molecule has 0 unspecified atom stereocenters. The SMILES string of the molecule is O=C(O)c1ccc(CCc2ccc3occc3c2)cc1Nc1ccc(F)cc1. The smallest absolute Gasteiger partial charge is 0.337 e. The molecule has 0 aliphatic heterocycles. The van der Waals surface area contributed by atoms with Gasteiger partial charge in [-0.05, 0) is 78.6 Å². The van der Waals surface area contributed by atoms with Crippen LogP contribution in [-0.4, -0.2) is 11.1 Å². The summed E-state index contributed by atoms with van der Waals surface area (Å²) in [6.45, 7) is 0. The van der Waals surface area contributed by atoms with E-state index in [1.807, 2.05) is 30.3 Å². The van der Waals surface area contributed by atoms with Crippen molar-refractivity contribution < 1.29 is 18.7 Å². The molecule has 28 heavy (non-hydrogen) atoms. The average Bonchev–Trinajstić information content (AvgIpc) is 3.16. The van der Waals surface area contributed by atoms with E-state index in [1.54, 1.807) is 24.5 Å². The third-order valence-electron chi connectivity index (χ3n) is 4.66. The summed E-state index contributed by atoms with van der Waals surface area (Å²) in [6, 6.07) is 19.1. The molecule has 0 saturated heterocycles. The van der Waals surface area contributed by atoms with Gasteiger partial charge in [0, 0.05) is 11.1 Å². The van der Waals surface area contributed by atoms with Crippen LogP contribution >= 0.6 is 0 Å². The summed E-state index contributed by atoms with van der Waals surface area (Å²) in [5, 5.41) is 13.6. The first-order chi connectivity index (χ1) is 13.6. The predicted octanol–water partition coefficient (Wildman–Crippen LogP) is 5.80. The topological polar surface area (TPSA) is 62.5 Å². The Bertz CT molecular complexity index is 1130. The second-order valence-corrected chi connectivity index (χ2v) is 6.61. The van der Waals surface area contributed by atoms with Crippen LogP contribution in [0.25, 0.3) is 11.0 Å². The van der Waals surface area contributed by atoms with Gasteiger partial charge in [0.25, 0.3) is 0 Å². The molecule has 1 aromatic heterocycles. The van der Waals surface area contributed by atoms with E-state index >= 15 is 0 Å². The molecule has 0 aliphatic rings. The molecule has 4 rings (SSSR count). The standard InChI is InChI=1S/C23H18FNO3/c24-18-5-7-19(8-6-18)25-21-14-16(3-9-20(21)23(26)27)2-1-15-4-10-22-17(13-15)11-12-28-22/h3-14,25H,1-2H2,(H,26,27). The molecule has 0 saturated carbocycles. The van der Waals surface area contributed by atoms with Crippen molar-refractivity contribution in [1.82, 2.24) is 0 Å². The van der Waals surface area contributed by atoms with Crippen molar-refractivity contribution in [3.05, 3.63) is 95.5 Å². The number of furan rings is 1. The van der Waals surface area contributed by atoms with E-state index in [0.29, 0.717) is 11.4 Å². The number of carbonyl (C=O) groups is 1. The number of nitrogens with one attached hydrogen (secondary N) is 1. The first kappa shape index (κ1) is 17.8. The number of aryl methyl sites for hydroxylation is 2. The van der Waals surface area contributed by atoms with Crippen LogP contribution in [0.2, 0.25) is 0 Å². The fraction of sp³-hybridized carbons (Fsp3) is 0.0870. The molecule has 1 heterocycles. The van der Waals surface area contributed by atoms with Crippen LogP contribution in [0.15, 0.2) is 77.4 Å². The number of rotatable bonds is 6. The van der Waals surface area contributed by atoms with E-state index in [4.69, 9.17) is 4.42 Å². The molecule has 0 bridgehead atoms. The lowest BCUT2D eigenvalue weighted by atomic mass is 10.0. The highest BCUT2D eigenvalue weighted by Crippen LogP contribution is 2.24. The van der Waals surface area contributed by atoms with Gasteiger partial charge >= 0.3 is 5.97 Å². The summed E-state index contributed by atoms with van der Waals surface area (Å²) in [4.78, 5) is 11.5. The minimum absolute atomic E-state index is 0.174. The van der Waals surface area contributed by atoms with Crippen LogP contribution in [-0.2, 0) is 12.8 Å². The van der Waals surface area contributed by atoms with E-state index in [-0.39, 0.29) is 11.4 Å². The monoisotopic (exact) mass is 375 g/mol. The minimum Gasteiger partial charge on any atom is -0.478 e. The maximum atomic E-state index is 13.1. The Hall–Kier alpha value is -3.60. The van der Waals surface area contributed by atoms with Crippen LogP contribution in [0.3, 0.4) is 0 Å². The summed E-state index contributed by atoms with van der Waals surface area (Å²) < 4.78 is 18.5. The number of anilines is 2. The number of carboxylic acid groups (broad SMARTS) is 1. The second-order valence-electron chi connectivity index (χ2n) is 6.61. The number of fused-ring (bicyclic) bond motifs is 1. The highest BCUT2D eigenvalue weighted by Gasteiger charge is 2.11. The summed E-state index contributed by atoms with van der Waals surface area (Å²) in [5.74, 6) is -1.35. The van der Waals surface area contributed by atoms with Crippen molar-refractivity contribution in [2.24, 2.45) is 0 Å². The van der Waals surface area contributed by atoms with Gasteiger partial charge in [-0.2, -0.15) is 0 Å². The first-order valence-corrected chi connectivity index (χ1v) is 8.93. The molecule has 5 heteroatoms. The predicted molar refractivity (Wildman–Crippen MR) is 107 cm³/mol. The van der Waals surface area contributed by atoms with Crippen LogP contribution in [0.1, 0.15) is 21.5 Å². The van der Waals surface area contributed by atoms with E-state index in [1.165, 1.54) is 17.7 Å². The number of carboxylic acids is 1. The first-order valence-electron chi connectivity index (χ1n) is 8.93.